The van der Waals surface area contributed by atoms with Crippen molar-refractivity contribution in [2.45, 2.75) is 0 Å². The van der Waals surface area contributed by atoms with E-state index in [0.717, 1.165) is 38.8 Å². The molecular formula is C23H15FN8. The van der Waals surface area contributed by atoms with Gasteiger partial charge in [0.15, 0.2) is 11.5 Å². The zero-order chi connectivity index (χ0) is 21.7. The summed E-state index contributed by atoms with van der Waals surface area (Å²) in [5.41, 5.74) is 12.4. The number of aromatic amines is 2. The average molecular weight is 422 g/mol. The molecule has 0 saturated carbocycles. The number of nitrogens with zero attached hydrogens (tertiary/aromatic N) is 5. The van der Waals surface area contributed by atoms with Gasteiger partial charge in [-0.2, -0.15) is 5.10 Å². The van der Waals surface area contributed by atoms with Crippen LogP contribution in [0.5, 0.6) is 0 Å². The van der Waals surface area contributed by atoms with Crippen LogP contribution < -0.4 is 5.73 Å². The topological polar surface area (TPSA) is 122 Å². The van der Waals surface area contributed by atoms with E-state index in [9.17, 15) is 4.39 Å². The van der Waals surface area contributed by atoms with Crippen molar-refractivity contribution >= 4 is 27.8 Å². The highest BCUT2D eigenvalue weighted by Gasteiger charge is 2.17. The number of pyridine rings is 3. The zero-order valence-corrected chi connectivity index (χ0v) is 16.5. The Morgan fingerprint density at radius 1 is 0.906 bits per heavy atom. The summed E-state index contributed by atoms with van der Waals surface area (Å²) >= 11 is 0. The molecule has 0 amide bonds. The molecule has 6 aromatic rings. The molecule has 0 saturated heterocycles. The van der Waals surface area contributed by atoms with Crippen LogP contribution in [0.25, 0.3) is 56.0 Å². The quantitative estimate of drug-likeness (QED) is 0.390. The maximum Gasteiger partial charge on any atom is 0.178 e. The summed E-state index contributed by atoms with van der Waals surface area (Å²) in [6.07, 6.45) is 6.70. The molecule has 0 aliphatic carbocycles. The SMILES string of the molecule is Nc1cncc(-c2cc3c(-c4nc5nccc(-c6ccc(F)cc6)c5[nH]4)n[nH]c3cn2)c1. The van der Waals surface area contributed by atoms with E-state index in [1.165, 1.54) is 12.1 Å². The van der Waals surface area contributed by atoms with Gasteiger partial charge in [-0.15, -0.1) is 0 Å². The Balaban J connectivity index is 1.50. The summed E-state index contributed by atoms with van der Waals surface area (Å²) in [4.78, 5) is 21.0. The first-order valence-electron chi connectivity index (χ1n) is 9.82. The molecule has 0 atom stereocenters. The molecule has 1 aromatic carbocycles. The van der Waals surface area contributed by atoms with E-state index in [-0.39, 0.29) is 5.82 Å². The molecule has 8 nitrogen and oxygen atoms in total. The molecule has 0 radical (unpaired) electrons. The normalized spacial score (nSPS) is 11.4. The van der Waals surface area contributed by atoms with Gasteiger partial charge in [0, 0.05) is 35.1 Å². The van der Waals surface area contributed by atoms with E-state index >= 15 is 0 Å². The van der Waals surface area contributed by atoms with Crippen LogP contribution in [-0.2, 0) is 0 Å². The second kappa shape index (κ2) is 6.95. The highest BCUT2D eigenvalue weighted by atomic mass is 19.1. The molecule has 9 heteroatoms. The molecule has 0 fully saturated rings. The van der Waals surface area contributed by atoms with Crippen LogP contribution in [-0.4, -0.2) is 35.1 Å². The Hall–Kier alpha value is -4.66. The number of H-pyrrole nitrogens is 2. The van der Waals surface area contributed by atoms with Gasteiger partial charge in [-0.25, -0.2) is 14.4 Å². The third-order valence-corrected chi connectivity index (χ3v) is 5.27. The number of hydrogen-bond donors (Lipinski definition) is 3. The second-order valence-corrected chi connectivity index (χ2v) is 7.34. The lowest BCUT2D eigenvalue weighted by Crippen LogP contribution is -1.90. The van der Waals surface area contributed by atoms with Crippen molar-refractivity contribution in [1.82, 2.24) is 35.1 Å². The average Bonchev–Trinajstić information content (AvgIpc) is 3.43. The van der Waals surface area contributed by atoms with E-state index in [1.54, 1.807) is 36.9 Å². The highest BCUT2D eigenvalue weighted by Crippen LogP contribution is 2.32. The Bertz CT molecular complexity index is 1600. The number of fused-ring (bicyclic) bond motifs is 2. The Kier molecular flexibility index (Phi) is 3.94. The summed E-state index contributed by atoms with van der Waals surface area (Å²) in [6.45, 7) is 0. The predicted octanol–water partition coefficient (Wildman–Crippen LogP) is 4.35. The van der Waals surface area contributed by atoms with Crippen LogP contribution in [0.1, 0.15) is 0 Å². The molecule has 0 aliphatic heterocycles. The molecule has 5 heterocycles. The second-order valence-electron chi connectivity index (χ2n) is 7.34. The first kappa shape index (κ1) is 18.1. The molecule has 0 spiro atoms. The molecule has 0 aliphatic rings. The Morgan fingerprint density at radius 2 is 1.78 bits per heavy atom. The molecule has 32 heavy (non-hydrogen) atoms. The zero-order valence-electron chi connectivity index (χ0n) is 16.5. The standard InChI is InChI=1S/C23H15FN8/c24-14-3-1-12(2-4-14)16-5-6-27-22-20(16)29-23(30-22)21-17-8-18(28-11-19(17)31-32-21)13-7-15(25)10-26-9-13/h1-11H,25H2,(H,31,32)(H,27,29,30). The van der Waals surface area contributed by atoms with Crippen molar-refractivity contribution < 1.29 is 4.39 Å². The smallest absolute Gasteiger partial charge is 0.178 e. The Morgan fingerprint density at radius 3 is 2.62 bits per heavy atom. The van der Waals surface area contributed by atoms with Crippen molar-refractivity contribution in [3.63, 3.8) is 0 Å². The number of nitrogens with one attached hydrogen (secondary N) is 2. The van der Waals surface area contributed by atoms with Crippen LogP contribution in [0.3, 0.4) is 0 Å². The minimum atomic E-state index is -0.285. The van der Waals surface area contributed by atoms with Gasteiger partial charge >= 0.3 is 0 Å². The van der Waals surface area contributed by atoms with E-state index in [0.29, 0.717) is 22.9 Å². The van der Waals surface area contributed by atoms with Crippen LogP contribution in [0.15, 0.2) is 67.3 Å². The van der Waals surface area contributed by atoms with Crippen LogP contribution >= 0.6 is 0 Å². The molecule has 5 aromatic heterocycles. The summed E-state index contributed by atoms with van der Waals surface area (Å²) in [5.74, 6) is 0.281. The lowest BCUT2D eigenvalue weighted by atomic mass is 10.1. The summed E-state index contributed by atoms with van der Waals surface area (Å²) in [7, 11) is 0. The van der Waals surface area contributed by atoms with Crippen molar-refractivity contribution in [2.24, 2.45) is 0 Å². The van der Waals surface area contributed by atoms with E-state index in [1.807, 2.05) is 18.2 Å². The van der Waals surface area contributed by atoms with Gasteiger partial charge in [-0.3, -0.25) is 15.1 Å². The lowest BCUT2D eigenvalue weighted by Gasteiger charge is -2.02. The van der Waals surface area contributed by atoms with Crippen molar-refractivity contribution in [3.05, 3.63) is 73.1 Å². The van der Waals surface area contributed by atoms with Gasteiger partial charge in [0.2, 0.25) is 0 Å². The molecule has 154 valence electrons. The first-order chi connectivity index (χ1) is 15.7. The number of nitrogen functional groups attached to an aromatic ring is 1. The van der Waals surface area contributed by atoms with Crippen LogP contribution in [0.2, 0.25) is 0 Å². The molecule has 4 N–H and O–H groups in total. The summed E-state index contributed by atoms with van der Waals surface area (Å²) < 4.78 is 13.4. The highest BCUT2D eigenvalue weighted by molar-refractivity contribution is 5.96. The van der Waals surface area contributed by atoms with E-state index < -0.39 is 0 Å². The van der Waals surface area contributed by atoms with Crippen molar-refractivity contribution in [1.29, 1.82) is 0 Å². The van der Waals surface area contributed by atoms with E-state index in [4.69, 9.17) is 5.73 Å². The number of rotatable bonds is 3. The molecular weight excluding hydrogens is 407 g/mol. The monoisotopic (exact) mass is 422 g/mol. The predicted molar refractivity (Wildman–Crippen MR) is 120 cm³/mol. The largest absolute Gasteiger partial charge is 0.397 e. The fraction of sp³-hybridized carbons (Fsp3) is 0. The maximum atomic E-state index is 13.4. The fourth-order valence-corrected chi connectivity index (χ4v) is 3.75. The number of nitrogens with two attached hydrogens (primary N) is 1. The van der Waals surface area contributed by atoms with Gasteiger partial charge in [0.25, 0.3) is 0 Å². The summed E-state index contributed by atoms with van der Waals surface area (Å²) in [6, 6.07) is 11.9. The fourth-order valence-electron chi connectivity index (χ4n) is 3.75. The van der Waals surface area contributed by atoms with Gasteiger partial charge in [0.1, 0.15) is 11.5 Å². The number of anilines is 1. The van der Waals surface area contributed by atoms with Gasteiger partial charge in [0.05, 0.1) is 28.6 Å². The Labute approximate surface area is 180 Å². The van der Waals surface area contributed by atoms with Crippen molar-refractivity contribution in [3.8, 4) is 33.9 Å². The number of halogens is 1. The van der Waals surface area contributed by atoms with Gasteiger partial charge in [-0.1, -0.05) is 12.1 Å². The number of hydrogen-bond acceptors (Lipinski definition) is 6. The number of aromatic nitrogens is 7. The molecule has 6 rings (SSSR count). The van der Waals surface area contributed by atoms with Crippen molar-refractivity contribution in [2.75, 3.05) is 5.73 Å². The lowest BCUT2D eigenvalue weighted by molar-refractivity contribution is 0.628. The third kappa shape index (κ3) is 2.95. The minimum Gasteiger partial charge on any atom is -0.397 e. The minimum absolute atomic E-state index is 0.285. The maximum absolute atomic E-state index is 13.4. The van der Waals surface area contributed by atoms with Crippen LogP contribution in [0, 0.1) is 5.82 Å². The molecule has 0 bridgehead atoms. The first-order valence-corrected chi connectivity index (χ1v) is 9.82. The number of imidazole rings is 1. The van der Waals surface area contributed by atoms with Crippen LogP contribution in [0.4, 0.5) is 10.1 Å². The van der Waals surface area contributed by atoms with Gasteiger partial charge < -0.3 is 10.7 Å². The van der Waals surface area contributed by atoms with Gasteiger partial charge in [-0.05, 0) is 35.9 Å². The third-order valence-electron chi connectivity index (χ3n) is 5.27. The van der Waals surface area contributed by atoms with E-state index in [2.05, 4.69) is 35.1 Å². The summed E-state index contributed by atoms with van der Waals surface area (Å²) in [5, 5.41) is 8.30. The number of benzene rings is 1. The molecule has 0 unspecified atom stereocenters.